The Hall–Kier alpha value is -2.58. The summed E-state index contributed by atoms with van der Waals surface area (Å²) < 4.78 is 41.5. The van der Waals surface area contributed by atoms with Crippen molar-refractivity contribution in [2.75, 3.05) is 13.1 Å². The zero-order valence-electron chi connectivity index (χ0n) is 17.8. The van der Waals surface area contributed by atoms with Crippen molar-refractivity contribution in [3.8, 4) is 0 Å². The van der Waals surface area contributed by atoms with E-state index in [1.807, 2.05) is 6.92 Å². The standard InChI is InChI=1S/C23H27FN2O4S/c1-3-25(16-18-7-6-8-20(24)15-18)23(28)22-9-4-5-14-26(22)31(29,30)21-12-10-19(11-13-21)17(2)27/h6-8,10-13,15,22H,3-5,9,14,16H2,1-2H3. The summed E-state index contributed by atoms with van der Waals surface area (Å²) >= 11 is 0. The lowest BCUT2D eigenvalue weighted by atomic mass is 10.0. The van der Waals surface area contributed by atoms with Gasteiger partial charge in [-0.3, -0.25) is 9.59 Å². The molecular formula is C23H27FN2O4S. The SMILES string of the molecule is CCN(Cc1cccc(F)c1)C(=O)C1CCCCN1S(=O)(=O)c1ccc(C(C)=O)cc1. The minimum Gasteiger partial charge on any atom is -0.337 e. The average Bonchev–Trinajstić information content (AvgIpc) is 2.77. The van der Waals surface area contributed by atoms with E-state index in [1.54, 1.807) is 17.0 Å². The van der Waals surface area contributed by atoms with Crippen LogP contribution in [0.3, 0.4) is 0 Å². The number of piperidine rings is 1. The number of sulfonamides is 1. The summed E-state index contributed by atoms with van der Waals surface area (Å²) in [5.74, 6) is -0.807. The first kappa shape index (κ1) is 23.1. The molecular weight excluding hydrogens is 419 g/mol. The number of carbonyl (C=O) groups excluding carboxylic acids is 2. The van der Waals surface area contributed by atoms with Crippen LogP contribution in [0, 0.1) is 5.82 Å². The number of hydrogen-bond acceptors (Lipinski definition) is 4. The van der Waals surface area contributed by atoms with Gasteiger partial charge >= 0.3 is 0 Å². The first-order chi connectivity index (χ1) is 14.7. The number of ketones is 1. The largest absolute Gasteiger partial charge is 0.337 e. The van der Waals surface area contributed by atoms with E-state index in [2.05, 4.69) is 0 Å². The molecule has 1 heterocycles. The van der Waals surface area contributed by atoms with Gasteiger partial charge in [-0.25, -0.2) is 12.8 Å². The maximum absolute atomic E-state index is 13.5. The van der Waals surface area contributed by atoms with Crippen molar-refractivity contribution >= 4 is 21.7 Å². The second kappa shape index (κ2) is 9.70. The molecule has 1 saturated heterocycles. The molecule has 6 nitrogen and oxygen atoms in total. The monoisotopic (exact) mass is 446 g/mol. The maximum atomic E-state index is 13.5. The molecule has 1 amide bonds. The van der Waals surface area contributed by atoms with Crippen LogP contribution in [-0.4, -0.2) is 48.4 Å². The summed E-state index contributed by atoms with van der Waals surface area (Å²) in [6.45, 7) is 4.09. The van der Waals surface area contributed by atoms with Crippen LogP contribution >= 0.6 is 0 Å². The van der Waals surface area contributed by atoms with Crippen molar-refractivity contribution in [1.82, 2.24) is 9.21 Å². The maximum Gasteiger partial charge on any atom is 0.243 e. The van der Waals surface area contributed by atoms with E-state index in [0.717, 1.165) is 6.42 Å². The Morgan fingerprint density at radius 2 is 1.84 bits per heavy atom. The van der Waals surface area contributed by atoms with E-state index in [0.29, 0.717) is 30.5 Å². The highest BCUT2D eigenvalue weighted by atomic mass is 32.2. The number of rotatable bonds is 7. The van der Waals surface area contributed by atoms with Crippen molar-refractivity contribution in [3.05, 3.63) is 65.5 Å². The Labute approximate surface area is 182 Å². The van der Waals surface area contributed by atoms with E-state index in [1.165, 1.54) is 47.6 Å². The number of hydrogen-bond donors (Lipinski definition) is 0. The van der Waals surface area contributed by atoms with Crippen LogP contribution < -0.4 is 0 Å². The summed E-state index contributed by atoms with van der Waals surface area (Å²) in [7, 11) is -3.91. The molecule has 8 heteroatoms. The molecule has 0 bridgehead atoms. The first-order valence-electron chi connectivity index (χ1n) is 10.4. The van der Waals surface area contributed by atoms with Crippen molar-refractivity contribution in [1.29, 1.82) is 0 Å². The van der Waals surface area contributed by atoms with E-state index in [-0.39, 0.29) is 35.5 Å². The number of carbonyl (C=O) groups is 2. The summed E-state index contributed by atoms with van der Waals surface area (Å²) in [5.41, 5.74) is 1.08. The third-order valence-electron chi connectivity index (χ3n) is 5.56. The summed E-state index contributed by atoms with van der Waals surface area (Å²) in [5, 5.41) is 0. The van der Waals surface area contributed by atoms with Gasteiger partial charge in [-0.2, -0.15) is 4.31 Å². The van der Waals surface area contributed by atoms with Crippen LogP contribution in [0.2, 0.25) is 0 Å². The van der Waals surface area contributed by atoms with Gasteiger partial charge in [-0.05, 0) is 56.5 Å². The van der Waals surface area contributed by atoms with Crippen molar-refractivity contribution in [2.24, 2.45) is 0 Å². The van der Waals surface area contributed by atoms with Crippen LogP contribution in [0.25, 0.3) is 0 Å². The van der Waals surface area contributed by atoms with Crippen molar-refractivity contribution < 1.29 is 22.4 Å². The molecule has 1 aliphatic rings. The molecule has 0 aliphatic carbocycles. The fourth-order valence-electron chi connectivity index (χ4n) is 3.85. The molecule has 0 radical (unpaired) electrons. The number of halogens is 1. The lowest BCUT2D eigenvalue weighted by Gasteiger charge is -2.36. The van der Waals surface area contributed by atoms with Crippen molar-refractivity contribution in [2.45, 2.75) is 50.6 Å². The van der Waals surface area contributed by atoms with Crippen LogP contribution in [-0.2, 0) is 21.4 Å². The number of amides is 1. The minimum absolute atomic E-state index is 0.0605. The molecule has 2 aromatic carbocycles. The van der Waals surface area contributed by atoms with Crippen LogP contribution in [0.1, 0.15) is 49.0 Å². The van der Waals surface area contributed by atoms with E-state index in [9.17, 15) is 22.4 Å². The fourth-order valence-corrected chi connectivity index (χ4v) is 5.50. The van der Waals surface area contributed by atoms with Gasteiger partial charge in [0.25, 0.3) is 0 Å². The first-order valence-corrected chi connectivity index (χ1v) is 11.8. The highest BCUT2D eigenvalue weighted by Crippen LogP contribution is 2.27. The highest BCUT2D eigenvalue weighted by Gasteiger charge is 2.39. The van der Waals surface area contributed by atoms with Crippen LogP contribution in [0.15, 0.2) is 53.4 Å². The zero-order chi connectivity index (χ0) is 22.6. The number of nitrogens with zero attached hydrogens (tertiary/aromatic N) is 2. The quantitative estimate of drug-likeness (QED) is 0.609. The molecule has 3 rings (SSSR count). The Morgan fingerprint density at radius 3 is 2.45 bits per heavy atom. The lowest BCUT2D eigenvalue weighted by Crippen LogP contribution is -2.52. The highest BCUT2D eigenvalue weighted by molar-refractivity contribution is 7.89. The Balaban J connectivity index is 1.85. The molecule has 1 atom stereocenters. The number of benzene rings is 2. The predicted molar refractivity (Wildman–Crippen MR) is 115 cm³/mol. The molecule has 1 unspecified atom stereocenters. The number of likely N-dealkylation sites (N-methyl/N-ethyl adjacent to an activating group) is 1. The lowest BCUT2D eigenvalue weighted by molar-refractivity contribution is -0.136. The fraction of sp³-hybridized carbons (Fsp3) is 0.391. The number of Topliss-reactive ketones (excluding diaryl/α,β-unsaturated/α-hetero) is 1. The van der Waals surface area contributed by atoms with E-state index >= 15 is 0 Å². The third kappa shape index (κ3) is 5.19. The Bertz CT molecular complexity index is 1050. The summed E-state index contributed by atoms with van der Waals surface area (Å²) in [6.07, 6.45) is 1.86. The van der Waals surface area contributed by atoms with Gasteiger partial charge in [0.2, 0.25) is 15.9 Å². The Kier molecular flexibility index (Phi) is 7.23. The van der Waals surface area contributed by atoms with Crippen LogP contribution in [0.4, 0.5) is 4.39 Å². The molecule has 0 N–H and O–H groups in total. The normalized spacial score (nSPS) is 17.3. The van der Waals surface area contributed by atoms with Crippen molar-refractivity contribution in [3.63, 3.8) is 0 Å². The molecule has 0 aromatic heterocycles. The second-order valence-electron chi connectivity index (χ2n) is 7.69. The molecule has 0 saturated carbocycles. The smallest absolute Gasteiger partial charge is 0.243 e. The summed E-state index contributed by atoms with van der Waals surface area (Å²) in [4.78, 5) is 26.4. The average molecular weight is 447 g/mol. The minimum atomic E-state index is -3.91. The molecule has 1 fully saturated rings. The molecule has 1 aliphatic heterocycles. The Morgan fingerprint density at radius 1 is 1.13 bits per heavy atom. The molecule has 0 spiro atoms. The van der Waals surface area contributed by atoms with Gasteiger partial charge in [0, 0.05) is 25.2 Å². The second-order valence-corrected chi connectivity index (χ2v) is 9.58. The zero-order valence-corrected chi connectivity index (χ0v) is 18.6. The van der Waals surface area contributed by atoms with E-state index in [4.69, 9.17) is 0 Å². The topological polar surface area (TPSA) is 74.8 Å². The van der Waals surface area contributed by atoms with Gasteiger partial charge < -0.3 is 4.90 Å². The van der Waals surface area contributed by atoms with Gasteiger partial charge in [-0.1, -0.05) is 30.7 Å². The van der Waals surface area contributed by atoms with Gasteiger partial charge in [0.05, 0.1) is 4.90 Å². The predicted octanol–water partition coefficient (Wildman–Crippen LogP) is 3.62. The third-order valence-corrected chi connectivity index (χ3v) is 7.48. The summed E-state index contributed by atoms with van der Waals surface area (Å²) in [6, 6.07) is 11.0. The van der Waals surface area contributed by atoms with Gasteiger partial charge in [0.1, 0.15) is 11.9 Å². The molecule has 2 aromatic rings. The van der Waals surface area contributed by atoms with Gasteiger partial charge in [0.15, 0.2) is 5.78 Å². The van der Waals surface area contributed by atoms with E-state index < -0.39 is 16.1 Å². The molecule has 166 valence electrons. The van der Waals surface area contributed by atoms with Crippen LogP contribution in [0.5, 0.6) is 0 Å². The van der Waals surface area contributed by atoms with Gasteiger partial charge in [-0.15, -0.1) is 0 Å². The molecule has 31 heavy (non-hydrogen) atoms.